The number of hydrogen-bond acceptors (Lipinski definition) is 5. The van der Waals surface area contributed by atoms with Crippen LogP contribution in [0.3, 0.4) is 0 Å². The van der Waals surface area contributed by atoms with Crippen molar-refractivity contribution in [1.29, 1.82) is 0 Å². The van der Waals surface area contributed by atoms with E-state index >= 15 is 0 Å². The van der Waals surface area contributed by atoms with Crippen molar-refractivity contribution >= 4 is 11.0 Å². The second kappa shape index (κ2) is 5.30. The number of furan rings is 1. The Kier molecular flexibility index (Phi) is 3.52. The fraction of sp³-hybridized carbons (Fsp3) is 0.429. The van der Waals surface area contributed by atoms with Gasteiger partial charge in [-0.15, -0.1) is 0 Å². The van der Waals surface area contributed by atoms with Crippen LogP contribution in [0.4, 0.5) is 0 Å². The van der Waals surface area contributed by atoms with Crippen molar-refractivity contribution in [3.05, 3.63) is 35.6 Å². The van der Waals surface area contributed by atoms with E-state index in [0.29, 0.717) is 19.8 Å². The van der Waals surface area contributed by atoms with Crippen LogP contribution in [0.5, 0.6) is 0 Å². The van der Waals surface area contributed by atoms with Gasteiger partial charge in [0.1, 0.15) is 23.5 Å². The maximum atomic E-state index is 5.85. The number of nitrogens with one attached hydrogen (secondary N) is 1. The normalized spacial score (nSPS) is 21.7. The SMILES string of the molecule is Cc1ccc2oc(C(NN)C3COCCO3)cc2c1. The quantitative estimate of drug-likeness (QED) is 0.650. The summed E-state index contributed by atoms with van der Waals surface area (Å²) in [5.41, 5.74) is 4.83. The molecule has 0 aliphatic carbocycles. The van der Waals surface area contributed by atoms with Gasteiger partial charge >= 0.3 is 0 Å². The van der Waals surface area contributed by atoms with Gasteiger partial charge in [-0.3, -0.25) is 5.84 Å². The van der Waals surface area contributed by atoms with E-state index in [2.05, 4.69) is 18.4 Å². The van der Waals surface area contributed by atoms with Crippen molar-refractivity contribution in [3.63, 3.8) is 0 Å². The van der Waals surface area contributed by atoms with Crippen LogP contribution in [0.15, 0.2) is 28.7 Å². The van der Waals surface area contributed by atoms with Gasteiger partial charge in [-0.05, 0) is 25.1 Å². The smallest absolute Gasteiger partial charge is 0.134 e. The number of rotatable bonds is 3. The van der Waals surface area contributed by atoms with E-state index < -0.39 is 0 Å². The molecule has 3 rings (SSSR count). The predicted octanol–water partition coefficient (Wildman–Crippen LogP) is 1.66. The monoisotopic (exact) mass is 262 g/mol. The van der Waals surface area contributed by atoms with Gasteiger partial charge in [0.25, 0.3) is 0 Å². The second-order valence-electron chi connectivity index (χ2n) is 4.82. The van der Waals surface area contributed by atoms with E-state index in [-0.39, 0.29) is 12.1 Å². The molecular formula is C14H18N2O3. The Morgan fingerprint density at radius 1 is 1.32 bits per heavy atom. The maximum Gasteiger partial charge on any atom is 0.134 e. The van der Waals surface area contributed by atoms with E-state index in [9.17, 15) is 0 Å². The number of nitrogens with two attached hydrogens (primary N) is 1. The Morgan fingerprint density at radius 2 is 2.21 bits per heavy atom. The molecule has 3 N–H and O–H groups in total. The lowest BCUT2D eigenvalue weighted by Gasteiger charge is -2.28. The lowest BCUT2D eigenvalue weighted by atomic mass is 10.1. The molecule has 0 saturated carbocycles. The van der Waals surface area contributed by atoms with Crippen molar-refractivity contribution in [3.8, 4) is 0 Å². The van der Waals surface area contributed by atoms with Crippen LogP contribution >= 0.6 is 0 Å². The van der Waals surface area contributed by atoms with Gasteiger partial charge in [0.2, 0.25) is 0 Å². The maximum absolute atomic E-state index is 5.85. The summed E-state index contributed by atoms with van der Waals surface area (Å²) in [6, 6.07) is 7.90. The second-order valence-corrected chi connectivity index (χ2v) is 4.82. The summed E-state index contributed by atoms with van der Waals surface area (Å²) in [6.45, 7) is 3.79. The Bertz CT molecular complexity index is 561. The van der Waals surface area contributed by atoms with Gasteiger partial charge in [-0.25, -0.2) is 5.43 Å². The zero-order chi connectivity index (χ0) is 13.2. The summed E-state index contributed by atoms with van der Waals surface area (Å²) in [5.74, 6) is 6.42. The molecule has 1 aromatic heterocycles. The van der Waals surface area contributed by atoms with Gasteiger partial charge in [-0.1, -0.05) is 11.6 Å². The fourth-order valence-corrected chi connectivity index (χ4v) is 2.41. The van der Waals surface area contributed by atoms with Gasteiger partial charge in [0, 0.05) is 5.39 Å². The van der Waals surface area contributed by atoms with E-state index in [0.717, 1.165) is 16.7 Å². The van der Waals surface area contributed by atoms with Gasteiger partial charge in [0.05, 0.1) is 19.8 Å². The summed E-state index contributed by atoms with van der Waals surface area (Å²) in [5, 5.41) is 1.08. The van der Waals surface area contributed by atoms with E-state index in [4.69, 9.17) is 19.7 Å². The zero-order valence-electron chi connectivity index (χ0n) is 10.9. The summed E-state index contributed by atoms with van der Waals surface area (Å²) in [6.07, 6.45) is -0.125. The molecule has 1 fully saturated rings. The lowest BCUT2D eigenvalue weighted by molar-refractivity contribution is -0.104. The fourth-order valence-electron chi connectivity index (χ4n) is 2.41. The summed E-state index contributed by atoms with van der Waals surface area (Å²) in [4.78, 5) is 0. The molecule has 1 aliphatic rings. The van der Waals surface area contributed by atoms with Crippen LogP contribution in [0.2, 0.25) is 0 Å². The summed E-state index contributed by atoms with van der Waals surface area (Å²) in [7, 11) is 0. The molecule has 1 aliphatic heterocycles. The molecule has 2 heterocycles. The first-order chi connectivity index (χ1) is 9.28. The number of fused-ring (bicyclic) bond motifs is 1. The summed E-state index contributed by atoms with van der Waals surface area (Å²) < 4.78 is 16.9. The molecule has 5 nitrogen and oxygen atoms in total. The van der Waals surface area contributed by atoms with Crippen molar-refractivity contribution in [2.75, 3.05) is 19.8 Å². The summed E-state index contributed by atoms with van der Waals surface area (Å²) >= 11 is 0. The Hall–Kier alpha value is -1.40. The van der Waals surface area contributed by atoms with Crippen LogP contribution in [0.1, 0.15) is 17.4 Å². The highest BCUT2D eigenvalue weighted by Crippen LogP contribution is 2.28. The Morgan fingerprint density at radius 3 is 2.95 bits per heavy atom. The number of ether oxygens (including phenoxy) is 2. The minimum atomic E-state index is -0.201. The third kappa shape index (κ3) is 2.50. The van der Waals surface area contributed by atoms with E-state index in [1.807, 2.05) is 18.2 Å². The molecule has 2 unspecified atom stereocenters. The topological polar surface area (TPSA) is 69.7 Å². The number of aryl methyl sites for hydroxylation is 1. The van der Waals surface area contributed by atoms with E-state index in [1.165, 1.54) is 5.56 Å². The van der Waals surface area contributed by atoms with Crippen molar-refractivity contribution in [1.82, 2.24) is 5.43 Å². The van der Waals surface area contributed by atoms with Gasteiger partial charge in [0.15, 0.2) is 0 Å². The van der Waals surface area contributed by atoms with Crippen molar-refractivity contribution in [2.24, 2.45) is 5.84 Å². The molecule has 1 saturated heterocycles. The minimum absolute atomic E-state index is 0.125. The predicted molar refractivity (Wildman–Crippen MR) is 71.6 cm³/mol. The average molecular weight is 262 g/mol. The molecule has 0 spiro atoms. The first kappa shape index (κ1) is 12.6. The van der Waals surface area contributed by atoms with E-state index in [1.54, 1.807) is 0 Å². The molecule has 102 valence electrons. The highest BCUT2D eigenvalue weighted by Gasteiger charge is 2.28. The van der Waals surface area contributed by atoms with Crippen LogP contribution in [-0.4, -0.2) is 25.9 Å². The largest absolute Gasteiger partial charge is 0.459 e. The molecule has 0 radical (unpaired) electrons. The van der Waals surface area contributed by atoms with Gasteiger partial charge in [-0.2, -0.15) is 0 Å². The standard InChI is InChI=1S/C14H18N2O3/c1-9-2-3-11-10(6-9)7-12(19-11)14(16-15)13-8-17-4-5-18-13/h2-3,6-7,13-14,16H,4-5,8,15H2,1H3. The molecule has 0 bridgehead atoms. The lowest BCUT2D eigenvalue weighted by Crippen LogP contribution is -2.43. The Balaban J connectivity index is 1.91. The molecule has 2 aromatic rings. The van der Waals surface area contributed by atoms with Crippen molar-refractivity contribution < 1.29 is 13.9 Å². The first-order valence-corrected chi connectivity index (χ1v) is 6.43. The first-order valence-electron chi connectivity index (χ1n) is 6.43. The average Bonchev–Trinajstić information content (AvgIpc) is 2.83. The molecule has 0 amide bonds. The number of hydrazine groups is 1. The highest BCUT2D eigenvalue weighted by molar-refractivity contribution is 5.78. The van der Waals surface area contributed by atoms with Crippen LogP contribution < -0.4 is 11.3 Å². The number of hydrogen-bond donors (Lipinski definition) is 2. The molecule has 19 heavy (non-hydrogen) atoms. The van der Waals surface area contributed by atoms with Gasteiger partial charge < -0.3 is 13.9 Å². The zero-order valence-corrected chi connectivity index (χ0v) is 10.9. The number of benzene rings is 1. The highest BCUT2D eigenvalue weighted by atomic mass is 16.6. The third-order valence-electron chi connectivity index (χ3n) is 3.39. The Labute approximate surface area is 111 Å². The van der Waals surface area contributed by atoms with Crippen LogP contribution in [0, 0.1) is 6.92 Å². The molecule has 5 heteroatoms. The molecule has 1 aromatic carbocycles. The molecular weight excluding hydrogens is 244 g/mol. The minimum Gasteiger partial charge on any atom is -0.459 e. The molecule has 2 atom stereocenters. The van der Waals surface area contributed by atoms with Crippen LogP contribution in [0.25, 0.3) is 11.0 Å². The third-order valence-corrected chi connectivity index (χ3v) is 3.39. The van der Waals surface area contributed by atoms with Crippen LogP contribution in [-0.2, 0) is 9.47 Å². The van der Waals surface area contributed by atoms with Crippen molar-refractivity contribution in [2.45, 2.75) is 19.1 Å².